The van der Waals surface area contributed by atoms with Gasteiger partial charge in [0.25, 0.3) is 0 Å². The van der Waals surface area contributed by atoms with Crippen LogP contribution in [0.5, 0.6) is 0 Å². The van der Waals surface area contributed by atoms with Gasteiger partial charge in [-0.2, -0.15) is 0 Å². The maximum Gasteiger partial charge on any atom is 0.0700 e. The summed E-state index contributed by atoms with van der Waals surface area (Å²) in [5.74, 6) is 0. The first-order valence-corrected chi connectivity index (χ1v) is 7.16. The van der Waals surface area contributed by atoms with Crippen LogP contribution in [0.1, 0.15) is 43.5 Å². The second kappa shape index (κ2) is 6.38. The molecule has 2 atom stereocenters. The van der Waals surface area contributed by atoms with Crippen LogP contribution in [-0.2, 0) is 4.74 Å². The Morgan fingerprint density at radius 1 is 1.62 bits per heavy atom. The van der Waals surface area contributed by atoms with E-state index in [0.717, 1.165) is 13.2 Å². The molecule has 1 aliphatic rings. The van der Waals surface area contributed by atoms with Crippen molar-refractivity contribution < 1.29 is 4.74 Å². The van der Waals surface area contributed by atoms with Crippen molar-refractivity contribution in [1.82, 2.24) is 5.32 Å². The van der Waals surface area contributed by atoms with E-state index in [9.17, 15) is 0 Å². The molecule has 90 valence electrons. The lowest BCUT2D eigenvalue weighted by molar-refractivity contribution is 0.107. The van der Waals surface area contributed by atoms with Gasteiger partial charge in [-0.15, -0.1) is 11.3 Å². The minimum absolute atomic E-state index is 0.444. The molecule has 1 saturated heterocycles. The van der Waals surface area contributed by atoms with Crippen molar-refractivity contribution in [3.8, 4) is 0 Å². The second-order valence-corrected chi connectivity index (χ2v) is 5.38. The summed E-state index contributed by atoms with van der Waals surface area (Å²) in [6, 6.07) is 4.89. The third kappa shape index (κ3) is 3.30. The Morgan fingerprint density at radius 3 is 3.19 bits per heavy atom. The summed E-state index contributed by atoms with van der Waals surface area (Å²) in [6.07, 6.45) is 5.33. The molecule has 0 aliphatic carbocycles. The van der Waals surface area contributed by atoms with Crippen molar-refractivity contribution >= 4 is 11.3 Å². The van der Waals surface area contributed by atoms with Crippen LogP contribution in [0.4, 0.5) is 0 Å². The van der Waals surface area contributed by atoms with Crippen molar-refractivity contribution in [2.24, 2.45) is 0 Å². The number of nitrogens with one attached hydrogen (secondary N) is 1. The molecule has 0 amide bonds. The average Bonchev–Trinajstić information content (AvgIpc) is 2.96. The largest absolute Gasteiger partial charge is 0.377 e. The van der Waals surface area contributed by atoms with E-state index in [2.05, 4.69) is 29.8 Å². The van der Waals surface area contributed by atoms with Crippen LogP contribution < -0.4 is 5.32 Å². The SMILES string of the molecule is CCCC(NCC1CCCO1)c1cccs1. The minimum atomic E-state index is 0.444. The van der Waals surface area contributed by atoms with E-state index in [0.29, 0.717) is 12.1 Å². The summed E-state index contributed by atoms with van der Waals surface area (Å²) >= 11 is 1.85. The Kier molecular flexibility index (Phi) is 4.82. The predicted octanol–water partition coefficient (Wildman–Crippen LogP) is 3.36. The number of hydrogen-bond acceptors (Lipinski definition) is 3. The first kappa shape index (κ1) is 12.1. The Hall–Kier alpha value is -0.380. The van der Waals surface area contributed by atoms with Gasteiger partial charge in [0.1, 0.15) is 0 Å². The summed E-state index contributed by atoms with van der Waals surface area (Å²) in [7, 11) is 0. The maximum absolute atomic E-state index is 5.64. The summed E-state index contributed by atoms with van der Waals surface area (Å²) in [5.41, 5.74) is 0. The lowest BCUT2D eigenvalue weighted by atomic mass is 10.1. The first-order valence-electron chi connectivity index (χ1n) is 6.28. The normalized spacial score (nSPS) is 22.4. The number of rotatable bonds is 6. The van der Waals surface area contributed by atoms with Crippen molar-refractivity contribution in [2.45, 2.75) is 44.8 Å². The molecule has 0 aromatic carbocycles. The fourth-order valence-corrected chi connectivity index (χ4v) is 3.04. The lowest BCUT2D eigenvalue weighted by Gasteiger charge is -2.19. The summed E-state index contributed by atoms with van der Waals surface area (Å²) < 4.78 is 5.64. The zero-order valence-electron chi connectivity index (χ0n) is 9.95. The molecule has 1 N–H and O–H groups in total. The Balaban J connectivity index is 1.82. The van der Waals surface area contributed by atoms with Gasteiger partial charge in [-0.05, 0) is 30.7 Å². The van der Waals surface area contributed by atoms with E-state index in [-0.39, 0.29) is 0 Å². The van der Waals surface area contributed by atoms with Crippen LogP contribution in [0.15, 0.2) is 17.5 Å². The monoisotopic (exact) mass is 239 g/mol. The van der Waals surface area contributed by atoms with Crippen LogP contribution in [0.3, 0.4) is 0 Å². The third-order valence-electron chi connectivity index (χ3n) is 3.08. The molecule has 0 bridgehead atoms. The van der Waals surface area contributed by atoms with E-state index >= 15 is 0 Å². The van der Waals surface area contributed by atoms with Gasteiger partial charge in [-0.3, -0.25) is 0 Å². The van der Waals surface area contributed by atoms with Crippen molar-refractivity contribution in [1.29, 1.82) is 0 Å². The minimum Gasteiger partial charge on any atom is -0.377 e. The van der Waals surface area contributed by atoms with Crippen molar-refractivity contribution in [3.63, 3.8) is 0 Å². The zero-order chi connectivity index (χ0) is 11.2. The number of thiophene rings is 1. The Labute approximate surface area is 102 Å². The molecule has 1 aromatic rings. The molecule has 1 aliphatic heterocycles. The molecule has 1 fully saturated rings. The van der Waals surface area contributed by atoms with Crippen molar-refractivity contribution in [3.05, 3.63) is 22.4 Å². The van der Waals surface area contributed by atoms with Gasteiger partial charge in [-0.25, -0.2) is 0 Å². The summed E-state index contributed by atoms with van der Waals surface area (Å²) in [6.45, 7) is 4.20. The molecular formula is C13H21NOS. The molecule has 0 radical (unpaired) electrons. The molecular weight excluding hydrogens is 218 g/mol. The molecule has 2 nitrogen and oxygen atoms in total. The van der Waals surface area contributed by atoms with Gasteiger partial charge in [0.05, 0.1) is 6.10 Å². The van der Waals surface area contributed by atoms with E-state index in [1.54, 1.807) is 0 Å². The highest BCUT2D eigenvalue weighted by molar-refractivity contribution is 7.10. The Morgan fingerprint density at radius 2 is 2.56 bits per heavy atom. The van der Waals surface area contributed by atoms with E-state index < -0.39 is 0 Å². The highest BCUT2D eigenvalue weighted by atomic mass is 32.1. The second-order valence-electron chi connectivity index (χ2n) is 4.40. The standard InChI is InChI=1S/C13H21NOS/c1-2-5-12(13-7-4-9-16-13)14-10-11-6-3-8-15-11/h4,7,9,11-12,14H,2-3,5-6,8,10H2,1H3. The highest BCUT2D eigenvalue weighted by Crippen LogP contribution is 2.23. The van der Waals surface area contributed by atoms with Gasteiger partial charge in [0.15, 0.2) is 0 Å². The van der Waals surface area contributed by atoms with E-state index in [1.807, 2.05) is 11.3 Å². The molecule has 0 saturated carbocycles. The molecule has 3 heteroatoms. The third-order valence-corrected chi connectivity index (χ3v) is 4.07. The average molecular weight is 239 g/mol. The maximum atomic E-state index is 5.64. The molecule has 1 aromatic heterocycles. The zero-order valence-corrected chi connectivity index (χ0v) is 10.8. The number of ether oxygens (including phenoxy) is 1. The van der Waals surface area contributed by atoms with Crippen LogP contribution >= 0.6 is 11.3 Å². The van der Waals surface area contributed by atoms with Crippen LogP contribution in [0.2, 0.25) is 0 Å². The fourth-order valence-electron chi connectivity index (χ4n) is 2.20. The molecule has 2 unspecified atom stereocenters. The summed E-state index contributed by atoms with van der Waals surface area (Å²) in [4.78, 5) is 1.46. The van der Waals surface area contributed by atoms with Crippen molar-refractivity contribution in [2.75, 3.05) is 13.2 Å². The molecule has 0 spiro atoms. The van der Waals surface area contributed by atoms with Crippen LogP contribution in [0.25, 0.3) is 0 Å². The highest BCUT2D eigenvalue weighted by Gasteiger charge is 2.18. The molecule has 2 heterocycles. The van der Waals surface area contributed by atoms with Crippen LogP contribution in [-0.4, -0.2) is 19.3 Å². The predicted molar refractivity (Wildman–Crippen MR) is 68.9 cm³/mol. The van der Waals surface area contributed by atoms with Gasteiger partial charge in [-0.1, -0.05) is 19.4 Å². The van der Waals surface area contributed by atoms with Gasteiger partial charge in [0, 0.05) is 24.1 Å². The molecule has 2 rings (SSSR count). The molecule has 16 heavy (non-hydrogen) atoms. The van der Waals surface area contributed by atoms with Crippen LogP contribution in [0, 0.1) is 0 Å². The lowest BCUT2D eigenvalue weighted by Crippen LogP contribution is -2.29. The van der Waals surface area contributed by atoms with Gasteiger partial charge in [0.2, 0.25) is 0 Å². The Bertz CT molecular complexity index is 280. The topological polar surface area (TPSA) is 21.3 Å². The first-order chi connectivity index (χ1) is 7.90. The fraction of sp³-hybridized carbons (Fsp3) is 0.692. The quantitative estimate of drug-likeness (QED) is 0.822. The summed E-state index contributed by atoms with van der Waals surface area (Å²) in [5, 5.41) is 5.81. The smallest absolute Gasteiger partial charge is 0.0700 e. The van der Waals surface area contributed by atoms with E-state index in [4.69, 9.17) is 4.74 Å². The van der Waals surface area contributed by atoms with Gasteiger partial charge < -0.3 is 10.1 Å². The van der Waals surface area contributed by atoms with Gasteiger partial charge >= 0.3 is 0 Å². The number of hydrogen-bond donors (Lipinski definition) is 1. The van der Waals surface area contributed by atoms with E-state index in [1.165, 1.54) is 30.6 Å².